The second-order valence-electron chi connectivity index (χ2n) is 4.34. The van der Waals surface area contributed by atoms with E-state index < -0.39 is 0 Å². The standard InChI is InChI=1S/C12H17IN2O2/c1-8-7-17-10(6-16)5-15(8)12-3-2-9(13)4-11(12)14/h2-4,8,10,16H,5-7,14H2,1H3. The summed E-state index contributed by atoms with van der Waals surface area (Å²) < 4.78 is 6.65. The summed E-state index contributed by atoms with van der Waals surface area (Å²) in [6.07, 6.45) is -0.120. The number of morpholine rings is 1. The van der Waals surface area contributed by atoms with E-state index in [9.17, 15) is 5.11 Å². The van der Waals surface area contributed by atoms with Gasteiger partial charge in [0.2, 0.25) is 0 Å². The van der Waals surface area contributed by atoms with E-state index in [0.29, 0.717) is 13.2 Å². The highest BCUT2D eigenvalue weighted by atomic mass is 127. The molecule has 94 valence electrons. The van der Waals surface area contributed by atoms with Gasteiger partial charge in [0, 0.05) is 16.2 Å². The molecule has 0 aliphatic carbocycles. The zero-order valence-corrected chi connectivity index (χ0v) is 11.9. The number of nitrogen functional groups attached to an aromatic ring is 1. The third kappa shape index (κ3) is 2.83. The van der Waals surface area contributed by atoms with Crippen molar-refractivity contribution < 1.29 is 9.84 Å². The molecule has 17 heavy (non-hydrogen) atoms. The molecule has 2 atom stereocenters. The molecule has 0 aromatic heterocycles. The summed E-state index contributed by atoms with van der Waals surface area (Å²) in [6, 6.07) is 6.32. The Morgan fingerprint density at radius 1 is 1.59 bits per heavy atom. The van der Waals surface area contributed by atoms with Crippen LogP contribution in [0, 0.1) is 3.57 Å². The van der Waals surface area contributed by atoms with E-state index >= 15 is 0 Å². The van der Waals surface area contributed by atoms with Crippen LogP contribution in [0.4, 0.5) is 11.4 Å². The fourth-order valence-corrected chi connectivity index (χ4v) is 2.57. The Bertz CT molecular complexity index is 400. The van der Waals surface area contributed by atoms with E-state index in [4.69, 9.17) is 10.5 Å². The summed E-state index contributed by atoms with van der Waals surface area (Å²) >= 11 is 2.25. The van der Waals surface area contributed by atoms with E-state index in [1.54, 1.807) is 0 Å². The summed E-state index contributed by atoms with van der Waals surface area (Å²) in [5.74, 6) is 0. The van der Waals surface area contributed by atoms with Gasteiger partial charge in [0.25, 0.3) is 0 Å². The zero-order chi connectivity index (χ0) is 12.4. The number of nitrogens with zero attached hydrogens (tertiary/aromatic N) is 1. The van der Waals surface area contributed by atoms with Crippen molar-refractivity contribution >= 4 is 34.0 Å². The number of aliphatic hydroxyl groups is 1. The molecule has 4 nitrogen and oxygen atoms in total. The molecular formula is C12H17IN2O2. The minimum absolute atomic E-state index is 0.0491. The van der Waals surface area contributed by atoms with Crippen molar-refractivity contribution in [2.24, 2.45) is 0 Å². The Labute approximate surface area is 115 Å². The zero-order valence-electron chi connectivity index (χ0n) is 9.77. The van der Waals surface area contributed by atoms with Crippen molar-refractivity contribution in [3.8, 4) is 0 Å². The van der Waals surface area contributed by atoms with Gasteiger partial charge >= 0.3 is 0 Å². The van der Waals surface area contributed by atoms with Crippen molar-refractivity contribution in [2.45, 2.75) is 19.1 Å². The summed E-state index contributed by atoms with van der Waals surface area (Å²) in [5.41, 5.74) is 7.86. The smallest absolute Gasteiger partial charge is 0.0981 e. The maximum atomic E-state index is 9.17. The molecule has 2 rings (SSSR count). The Hall–Kier alpha value is -0.530. The fraction of sp³-hybridized carbons (Fsp3) is 0.500. The second kappa shape index (κ2) is 5.41. The number of nitrogens with two attached hydrogens (primary N) is 1. The maximum Gasteiger partial charge on any atom is 0.0981 e. The number of rotatable bonds is 2. The maximum absolute atomic E-state index is 9.17. The molecule has 5 heteroatoms. The molecule has 1 aliphatic heterocycles. The first-order valence-electron chi connectivity index (χ1n) is 5.66. The fourth-order valence-electron chi connectivity index (χ4n) is 2.05. The largest absolute Gasteiger partial charge is 0.397 e. The summed E-state index contributed by atoms with van der Waals surface area (Å²) in [4.78, 5) is 2.20. The van der Waals surface area contributed by atoms with Crippen LogP contribution in [0.1, 0.15) is 6.92 Å². The third-order valence-corrected chi connectivity index (χ3v) is 3.68. The molecule has 1 aromatic carbocycles. The predicted octanol–water partition coefficient (Wildman–Crippen LogP) is 1.46. The average molecular weight is 348 g/mol. The number of anilines is 2. The van der Waals surface area contributed by atoms with Crippen molar-refractivity contribution in [1.29, 1.82) is 0 Å². The first kappa shape index (κ1) is 12.9. The van der Waals surface area contributed by atoms with Gasteiger partial charge in [-0.05, 0) is 47.7 Å². The number of benzene rings is 1. The monoisotopic (exact) mass is 348 g/mol. The Kier molecular flexibility index (Phi) is 4.11. The molecule has 1 saturated heterocycles. The molecule has 0 amide bonds. The van der Waals surface area contributed by atoms with Crippen LogP contribution in [0.2, 0.25) is 0 Å². The van der Waals surface area contributed by atoms with Crippen LogP contribution >= 0.6 is 22.6 Å². The first-order chi connectivity index (χ1) is 8.11. The van der Waals surface area contributed by atoms with Crippen LogP contribution in [0.25, 0.3) is 0 Å². The lowest BCUT2D eigenvalue weighted by Crippen LogP contribution is -2.49. The number of ether oxygens (including phenoxy) is 1. The lowest BCUT2D eigenvalue weighted by molar-refractivity contribution is -0.0102. The Morgan fingerprint density at radius 3 is 3.00 bits per heavy atom. The minimum Gasteiger partial charge on any atom is -0.397 e. The van der Waals surface area contributed by atoms with Crippen LogP contribution in [0.3, 0.4) is 0 Å². The summed E-state index contributed by atoms with van der Waals surface area (Å²) in [5, 5.41) is 9.17. The summed E-state index contributed by atoms with van der Waals surface area (Å²) in [6.45, 7) is 3.46. The molecule has 0 spiro atoms. The number of aliphatic hydroxyl groups excluding tert-OH is 1. The number of halogens is 1. The summed E-state index contributed by atoms with van der Waals surface area (Å²) in [7, 11) is 0. The van der Waals surface area contributed by atoms with Gasteiger partial charge in [-0.3, -0.25) is 0 Å². The molecule has 1 aromatic rings. The molecular weight excluding hydrogens is 331 g/mol. The van der Waals surface area contributed by atoms with Crippen molar-refractivity contribution in [2.75, 3.05) is 30.4 Å². The number of hydrogen-bond acceptors (Lipinski definition) is 4. The van der Waals surface area contributed by atoms with Crippen molar-refractivity contribution in [1.82, 2.24) is 0 Å². The van der Waals surface area contributed by atoms with E-state index in [-0.39, 0.29) is 18.8 Å². The van der Waals surface area contributed by atoms with Gasteiger partial charge in [-0.25, -0.2) is 0 Å². The Balaban J connectivity index is 2.24. The van der Waals surface area contributed by atoms with Gasteiger partial charge < -0.3 is 20.5 Å². The number of hydrogen-bond donors (Lipinski definition) is 2. The topological polar surface area (TPSA) is 58.7 Å². The average Bonchev–Trinajstić information content (AvgIpc) is 2.30. The van der Waals surface area contributed by atoms with Gasteiger partial charge in [0.1, 0.15) is 0 Å². The highest BCUT2D eigenvalue weighted by Gasteiger charge is 2.26. The Morgan fingerprint density at radius 2 is 2.35 bits per heavy atom. The van der Waals surface area contributed by atoms with Gasteiger partial charge in [0.05, 0.1) is 30.7 Å². The molecule has 0 bridgehead atoms. The van der Waals surface area contributed by atoms with Crippen LogP contribution in [0.5, 0.6) is 0 Å². The van der Waals surface area contributed by atoms with Crippen LogP contribution in [-0.4, -0.2) is 37.0 Å². The molecule has 2 unspecified atom stereocenters. The van der Waals surface area contributed by atoms with E-state index in [2.05, 4.69) is 34.4 Å². The second-order valence-corrected chi connectivity index (χ2v) is 5.59. The molecule has 1 heterocycles. The van der Waals surface area contributed by atoms with E-state index in [0.717, 1.165) is 14.9 Å². The van der Waals surface area contributed by atoms with Crippen LogP contribution < -0.4 is 10.6 Å². The minimum atomic E-state index is -0.120. The normalized spacial score (nSPS) is 25.0. The van der Waals surface area contributed by atoms with Gasteiger partial charge in [-0.2, -0.15) is 0 Å². The third-order valence-electron chi connectivity index (χ3n) is 3.01. The van der Waals surface area contributed by atoms with Gasteiger partial charge in [-0.15, -0.1) is 0 Å². The van der Waals surface area contributed by atoms with Crippen molar-refractivity contribution in [3.05, 3.63) is 21.8 Å². The molecule has 0 saturated carbocycles. The van der Waals surface area contributed by atoms with Crippen molar-refractivity contribution in [3.63, 3.8) is 0 Å². The SMILES string of the molecule is CC1COC(CO)CN1c1ccc(I)cc1N. The molecule has 3 N–H and O–H groups in total. The molecule has 1 fully saturated rings. The highest BCUT2D eigenvalue weighted by Crippen LogP contribution is 2.28. The van der Waals surface area contributed by atoms with Gasteiger partial charge in [-0.1, -0.05) is 0 Å². The van der Waals surface area contributed by atoms with E-state index in [1.807, 2.05) is 18.2 Å². The molecule has 0 radical (unpaired) electrons. The highest BCUT2D eigenvalue weighted by molar-refractivity contribution is 14.1. The first-order valence-corrected chi connectivity index (χ1v) is 6.74. The van der Waals surface area contributed by atoms with E-state index in [1.165, 1.54) is 0 Å². The lowest BCUT2D eigenvalue weighted by Gasteiger charge is -2.39. The van der Waals surface area contributed by atoms with Crippen LogP contribution in [-0.2, 0) is 4.74 Å². The lowest BCUT2D eigenvalue weighted by atomic mass is 10.1. The predicted molar refractivity (Wildman–Crippen MR) is 77.2 cm³/mol. The quantitative estimate of drug-likeness (QED) is 0.628. The molecule has 1 aliphatic rings. The van der Waals surface area contributed by atoms with Crippen LogP contribution in [0.15, 0.2) is 18.2 Å². The van der Waals surface area contributed by atoms with Gasteiger partial charge in [0.15, 0.2) is 0 Å².